The summed E-state index contributed by atoms with van der Waals surface area (Å²) in [6.07, 6.45) is 1.99. The second kappa shape index (κ2) is 6.21. The van der Waals surface area contributed by atoms with Crippen LogP contribution >= 0.6 is 11.8 Å². The Morgan fingerprint density at radius 2 is 1.82 bits per heavy atom. The van der Waals surface area contributed by atoms with Crippen LogP contribution in [0.3, 0.4) is 0 Å². The Hall–Kier alpha value is -0.810. The van der Waals surface area contributed by atoms with E-state index in [4.69, 9.17) is 4.74 Å². The van der Waals surface area contributed by atoms with Crippen LogP contribution in [0.4, 0.5) is 14.5 Å². The maximum absolute atomic E-state index is 12.1. The normalized spacial score (nSPS) is 17.4. The van der Waals surface area contributed by atoms with E-state index in [0.29, 0.717) is 22.7 Å². The SMILES string of the molecule is FC(F)Sc1ccc(NC2CCOCC2)cc1. The minimum Gasteiger partial charge on any atom is -0.382 e. The van der Waals surface area contributed by atoms with Crippen molar-refractivity contribution in [2.45, 2.75) is 29.5 Å². The summed E-state index contributed by atoms with van der Waals surface area (Å²) < 4.78 is 29.5. The Kier molecular flexibility index (Phi) is 4.62. The molecule has 5 heteroatoms. The first-order valence-corrected chi connectivity index (χ1v) is 6.51. The molecule has 1 heterocycles. The highest BCUT2D eigenvalue weighted by atomic mass is 32.2. The molecule has 2 rings (SSSR count). The van der Waals surface area contributed by atoms with E-state index in [-0.39, 0.29) is 0 Å². The molecule has 1 aliphatic rings. The lowest BCUT2D eigenvalue weighted by Gasteiger charge is -2.24. The van der Waals surface area contributed by atoms with Crippen molar-refractivity contribution >= 4 is 17.4 Å². The van der Waals surface area contributed by atoms with Crippen molar-refractivity contribution < 1.29 is 13.5 Å². The summed E-state index contributed by atoms with van der Waals surface area (Å²) in [5.41, 5.74) is 0.982. The van der Waals surface area contributed by atoms with Gasteiger partial charge in [-0.2, -0.15) is 8.78 Å². The summed E-state index contributed by atoms with van der Waals surface area (Å²) in [6, 6.07) is 7.56. The van der Waals surface area contributed by atoms with Gasteiger partial charge in [0.05, 0.1) is 0 Å². The van der Waals surface area contributed by atoms with Crippen molar-refractivity contribution in [3.63, 3.8) is 0 Å². The van der Waals surface area contributed by atoms with Gasteiger partial charge in [0.2, 0.25) is 0 Å². The van der Waals surface area contributed by atoms with Gasteiger partial charge in [-0.15, -0.1) is 0 Å². The van der Waals surface area contributed by atoms with Crippen molar-refractivity contribution in [1.82, 2.24) is 0 Å². The van der Waals surface area contributed by atoms with Gasteiger partial charge in [-0.25, -0.2) is 0 Å². The summed E-state index contributed by atoms with van der Waals surface area (Å²) in [4.78, 5) is 0.595. The molecule has 1 fully saturated rings. The second-order valence-corrected chi connectivity index (χ2v) is 5.00. The van der Waals surface area contributed by atoms with Crippen LogP contribution in [0, 0.1) is 0 Å². The maximum atomic E-state index is 12.1. The van der Waals surface area contributed by atoms with Crippen molar-refractivity contribution in [1.29, 1.82) is 0 Å². The molecule has 0 aliphatic carbocycles. The first kappa shape index (κ1) is 12.6. The van der Waals surface area contributed by atoms with Gasteiger partial charge in [0.25, 0.3) is 5.76 Å². The highest BCUT2D eigenvalue weighted by molar-refractivity contribution is 7.99. The number of rotatable bonds is 4. The third kappa shape index (κ3) is 4.16. The van der Waals surface area contributed by atoms with E-state index in [1.165, 1.54) is 0 Å². The van der Waals surface area contributed by atoms with Gasteiger partial charge in [0.15, 0.2) is 0 Å². The fraction of sp³-hybridized carbons (Fsp3) is 0.500. The average molecular weight is 259 g/mol. The summed E-state index contributed by atoms with van der Waals surface area (Å²) in [6.45, 7) is 1.58. The predicted molar refractivity (Wildman–Crippen MR) is 65.8 cm³/mol. The molecule has 94 valence electrons. The van der Waals surface area contributed by atoms with E-state index < -0.39 is 5.76 Å². The maximum Gasteiger partial charge on any atom is 0.288 e. The van der Waals surface area contributed by atoms with Gasteiger partial charge < -0.3 is 10.1 Å². The Labute approximate surface area is 104 Å². The minimum atomic E-state index is -2.36. The number of nitrogens with one attached hydrogen (secondary N) is 1. The number of thioether (sulfide) groups is 1. The van der Waals surface area contributed by atoms with E-state index in [1.54, 1.807) is 12.1 Å². The molecular weight excluding hydrogens is 244 g/mol. The number of hydrogen-bond donors (Lipinski definition) is 1. The number of anilines is 1. The molecule has 2 nitrogen and oxygen atoms in total. The first-order valence-electron chi connectivity index (χ1n) is 5.63. The Bertz CT molecular complexity index is 339. The predicted octanol–water partition coefficient (Wildman–Crippen LogP) is 3.59. The van der Waals surface area contributed by atoms with Crippen LogP contribution in [0.1, 0.15) is 12.8 Å². The Morgan fingerprint density at radius 1 is 1.18 bits per heavy atom. The molecule has 17 heavy (non-hydrogen) atoms. The van der Waals surface area contributed by atoms with E-state index in [0.717, 1.165) is 31.7 Å². The van der Waals surface area contributed by atoms with Gasteiger partial charge in [0.1, 0.15) is 0 Å². The quantitative estimate of drug-likeness (QED) is 0.835. The van der Waals surface area contributed by atoms with Crippen LogP contribution in [-0.4, -0.2) is 25.0 Å². The number of hydrogen-bond acceptors (Lipinski definition) is 3. The summed E-state index contributed by atoms with van der Waals surface area (Å²) in [5, 5.41) is 3.38. The van der Waals surface area contributed by atoms with Crippen LogP contribution in [-0.2, 0) is 4.74 Å². The lowest BCUT2D eigenvalue weighted by Crippen LogP contribution is -2.27. The molecule has 0 radical (unpaired) electrons. The average Bonchev–Trinajstić information content (AvgIpc) is 2.32. The number of benzene rings is 1. The molecule has 1 aromatic rings. The van der Waals surface area contributed by atoms with Crippen molar-refractivity contribution in [2.24, 2.45) is 0 Å². The molecule has 0 amide bonds. The van der Waals surface area contributed by atoms with Crippen LogP contribution in [0.2, 0.25) is 0 Å². The third-order valence-electron chi connectivity index (χ3n) is 2.67. The Morgan fingerprint density at radius 3 is 2.41 bits per heavy atom. The summed E-state index contributed by atoms with van der Waals surface area (Å²) in [7, 11) is 0. The molecule has 0 saturated carbocycles. The largest absolute Gasteiger partial charge is 0.382 e. The molecule has 0 bridgehead atoms. The minimum absolute atomic E-state index is 0.428. The molecule has 0 aromatic heterocycles. The van der Waals surface area contributed by atoms with Gasteiger partial charge in [-0.3, -0.25) is 0 Å². The van der Waals surface area contributed by atoms with E-state index in [9.17, 15) is 8.78 Å². The monoisotopic (exact) mass is 259 g/mol. The zero-order valence-electron chi connectivity index (χ0n) is 9.36. The van der Waals surface area contributed by atoms with Gasteiger partial charge in [-0.05, 0) is 37.1 Å². The second-order valence-electron chi connectivity index (χ2n) is 3.93. The topological polar surface area (TPSA) is 21.3 Å². The van der Waals surface area contributed by atoms with Crippen LogP contribution in [0.15, 0.2) is 29.2 Å². The fourth-order valence-corrected chi connectivity index (χ4v) is 2.31. The zero-order valence-corrected chi connectivity index (χ0v) is 10.2. The smallest absolute Gasteiger partial charge is 0.288 e. The standard InChI is InChI=1S/C12H15F2NOS/c13-12(14)17-11-3-1-9(2-4-11)15-10-5-7-16-8-6-10/h1-4,10,12,15H,5-8H2. The van der Waals surface area contributed by atoms with E-state index >= 15 is 0 Å². The molecule has 0 atom stereocenters. The zero-order chi connectivity index (χ0) is 12.1. The molecule has 1 aliphatic heterocycles. The molecule has 0 spiro atoms. The van der Waals surface area contributed by atoms with Crippen LogP contribution in [0.5, 0.6) is 0 Å². The summed E-state index contributed by atoms with van der Waals surface area (Å²) >= 11 is 0.572. The number of alkyl halides is 2. The summed E-state index contributed by atoms with van der Waals surface area (Å²) in [5.74, 6) is -2.36. The number of halogens is 2. The molecule has 1 aromatic carbocycles. The van der Waals surface area contributed by atoms with E-state index in [2.05, 4.69) is 5.32 Å². The number of ether oxygens (including phenoxy) is 1. The molecule has 1 saturated heterocycles. The lowest BCUT2D eigenvalue weighted by molar-refractivity contribution is 0.0904. The van der Waals surface area contributed by atoms with Gasteiger partial charge in [-0.1, -0.05) is 11.8 Å². The molecular formula is C12H15F2NOS. The first-order chi connectivity index (χ1) is 8.24. The highest BCUT2D eigenvalue weighted by Gasteiger charge is 2.13. The lowest BCUT2D eigenvalue weighted by atomic mass is 10.1. The van der Waals surface area contributed by atoms with Crippen LogP contribution in [0.25, 0.3) is 0 Å². The molecule has 0 unspecified atom stereocenters. The van der Waals surface area contributed by atoms with Gasteiger partial charge in [0, 0.05) is 29.8 Å². The van der Waals surface area contributed by atoms with Crippen molar-refractivity contribution in [3.8, 4) is 0 Å². The van der Waals surface area contributed by atoms with Crippen molar-refractivity contribution in [2.75, 3.05) is 18.5 Å². The van der Waals surface area contributed by atoms with Gasteiger partial charge >= 0.3 is 0 Å². The fourth-order valence-electron chi connectivity index (χ4n) is 1.81. The Balaban J connectivity index is 1.88. The van der Waals surface area contributed by atoms with E-state index in [1.807, 2.05) is 12.1 Å². The molecule has 1 N–H and O–H groups in total. The van der Waals surface area contributed by atoms with Crippen molar-refractivity contribution in [3.05, 3.63) is 24.3 Å². The highest BCUT2D eigenvalue weighted by Crippen LogP contribution is 2.26. The third-order valence-corrected chi connectivity index (χ3v) is 3.39. The van der Waals surface area contributed by atoms with Crippen LogP contribution < -0.4 is 5.32 Å².